The van der Waals surface area contributed by atoms with Gasteiger partial charge in [-0.15, -0.1) is 0 Å². The fraction of sp³-hybridized carbons (Fsp3) is 0.400. The summed E-state index contributed by atoms with van der Waals surface area (Å²) in [4.78, 5) is 36.1. The van der Waals surface area contributed by atoms with Crippen molar-refractivity contribution in [3.8, 4) is 11.4 Å². The summed E-state index contributed by atoms with van der Waals surface area (Å²) in [7, 11) is 0. The summed E-state index contributed by atoms with van der Waals surface area (Å²) in [5.74, 6) is 0.0505. The third-order valence-electron chi connectivity index (χ3n) is 5.10. The smallest absolute Gasteiger partial charge is 0.327 e. The number of rotatable bonds is 5. The normalized spacial score (nSPS) is 16.9. The number of aromatic nitrogens is 4. The van der Waals surface area contributed by atoms with Gasteiger partial charge < -0.3 is 15.5 Å². The lowest BCUT2D eigenvalue weighted by Gasteiger charge is -2.11. The number of nitrogens with two attached hydrogens (primary N) is 1. The molecule has 1 fully saturated rings. The zero-order valence-corrected chi connectivity index (χ0v) is 15.9. The standard InChI is InChI=1S/C20H23N5O3/c1-11(2)12-5-7-13(8-6-12)18-22-15(17(21)26)16-19(24-18)25(20(27)23-16)10-14-4-3-9-28-14/h5-8,11,14H,3-4,9-10H2,1-2H3,(H2,21,26)(H,23,27)/t14-/m0/s1. The number of carbonyl (C=O) groups excluding carboxylic acids is 1. The molecule has 8 nitrogen and oxygen atoms in total. The summed E-state index contributed by atoms with van der Waals surface area (Å²) < 4.78 is 7.16. The number of nitrogens with zero attached hydrogens (tertiary/aromatic N) is 3. The van der Waals surface area contributed by atoms with Gasteiger partial charge in [0.25, 0.3) is 5.91 Å². The summed E-state index contributed by atoms with van der Waals surface area (Å²) in [6.45, 7) is 5.30. The van der Waals surface area contributed by atoms with Crippen LogP contribution >= 0.6 is 0 Å². The molecule has 1 amide bonds. The predicted molar refractivity (Wildman–Crippen MR) is 105 cm³/mol. The Labute approximate surface area is 161 Å². The maximum Gasteiger partial charge on any atom is 0.327 e. The van der Waals surface area contributed by atoms with Crippen molar-refractivity contribution in [3.63, 3.8) is 0 Å². The Kier molecular flexibility index (Phi) is 4.72. The highest BCUT2D eigenvalue weighted by Crippen LogP contribution is 2.23. The van der Waals surface area contributed by atoms with Gasteiger partial charge in [0, 0.05) is 12.2 Å². The number of nitrogens with one attached hydrogen (secondary N) is 1. The van der Waals surface area contributed by atoms with Gasteiger partial charge in [0.1, 0.15) is 5.52 Å². The van der Waals surface area contributed by atoms with Crippen LogP contribution in [-0.4, -0.2) is 38.1 Å². The molecule has 28 heavy (non-hydrogen) atoms. The predicted octanol–water partition coefficient (Wildman–Crippen LogP) is 2.19. The molecular weight excluding hydrogens is 358 g/mol. The van der Waals surface area contributed by atoms with Crippen LogP contribution < -0.4 is 11.4 Å². The minimum absolute atomic E-state index is 0.0103. The lowest BCUT2D eigenvalue weighted by atomic mass is 10.0. The van der Waals surface area contributed by atoms with E-state index in [2.05, 4.69) is 28.8 Å². The van der Waals surface area contributed by atoms with E-state index >= 15 is 0 Å². The minimum atomic E-state index is -0.710. The van der Waals surface area contributed by atoms with E-state index in [4.69, 9.17) is 10.5 Å². The van der Waals surface area contributed by atoms with Gasteiger partial charge >= 0.3 is 5.69 Å². The van der Waals surface area contributed by atoms with Crippen LogP contribution in [0.1, 0.15) is 48.7 Å². The maximum atomic E-state index is 12.5. The largest absolute Gasteiger partial charge is 0.376 e. The Morgan fingerprint density at radius 1 is 1.32 bits per heavy atom. The van der Waals surface area contributed by atoms with Crippen LogP contribution in [0.4, 0.5) is 0 Å². The van der Waals surface area contributed by atoms with Gasteiger partial charge in [-0.05, 0) is 24.3 Å². The number of hydrogen-bond acceptors (Lipinski definition) is 5. The van der Waals surface area contributed by atoms with E-state index in [1.54, 1.807) is 0 Å². The molecule has 0 aliphatic carbocycles. The zero-order valence-electron chi connectivity index (χ0n) is 15.9. The number of amides is 1. The topological polar surface area (TPSA) is 116 Å². The molecular formula is C20H23N5O3. The molecule has 3 N–H and O–H groups in total. The molecule has 3 heterocycles. The first-order valence-corrected chi connectivity index (χ1v) is 9.46. The highest BCUT2D eigenvalue weighted by atomic mass is 16.5. The van der Waals surface area contributed by atoms with Gasteiger partial charge in [-0.25, -0.2) is 14.8 Å². The van der Waals surface area contributed by atoms with Gasteiger partial charge in [0.2, 0.25) is 0 Å². The Morgan fingerprint density at radius 3 is 2.68 bits per heavy atom. The van der Waals surface area contributed by atoms with Crippen molar-refractivity contribution >= 4 is 17.1 Å². The molecule has 1 atom stereocenters. The van der Waals surface area contributed by atoms with Crippen LogP contribution in [0, 0.1) is 0 Å². The number of fused-ring (bicyclic) bond motifs is 1. The van der Waals surface area contributed by atoms with Crippen LogP contribution in [-0.2, 0) is 11.3 Å². The highest BCUT2D eigenvalue weighted by molar-refractivity contribution is 6.01. The molecule has 4 rings (SSSR count). The Hall–Kier alpha value is -3.00. The number of ether oxygens (including phenoxy) is 1. The molecule has 0 spiro atoms. The molecule has 8 heteroatoms. The Morgan fingerprint density at radius 2 is 2.07 bits per heavy atom. The molecule has 1 saturated heterocycles. The third kappa shape index (κ3) is 3.31. The van der Waals surface area contributed by atoms with Gasteiger partial charge in [-0.1, -0.05) is 38.1 Å². The van der Waals surface area contributed by atoms with Crippen molar-refractivity contribution in [3.05, 3.63) is 46.0 Å². The quantitative estimate of drug-likeness (QED) is 0.703. The number of aromatic amines is 1. The number of primary amides is 1. The highest BCUT2D eigenvalue weighted by Gasteiger charge is 2.23. The maximum absolute atomic E-state index is 12.5. The summed E-state index contributed by atoms with van der Waals surface area (Å²) in [6.07, 6.45) is 1.81. The average molecular weight is 381 g/mol. The second-order valence-corrected chi connectivity index (χ2v) is 7.41. The zero-order chi connectivity index (χ0) is 19.8. The van der Waals surface area contributed by atoms with E-state index in [0.29, 0.717) is 30.5 Å². The number of imidazole rings is 1. The molecule has 1 aliphatic rings. The van der Waals surface area contributed by atoms with Crippen LogP contribution in [0.3, 0.4) is 0 Å². The number of H-pyrrole nitrogens is 1. The van der Waals surface area contributed by atoms with Crippen molar-refractivity contribution in [1.29, 1.82) is 0 Å². The second-order valence-electron chi connectivity index (χ2n) is 7.41. The first-order chi connectivity index (χ1) is 13.4. The summed E-state index contributed by atoms with van der Waals surface area (Å²) in [5, 5.41) is 0. The van der Waals surface area contributed by atoms with Crippen molar-refractivity contribution in [2.45, 2.75) is 45.3 Å². The van der Waals surface area contributed by atoms with E-state index in [-0.39, 0.29) is 23.0 Å². The van der Waals surface area contributed by atoms with Gasteiger partial charge in [0.15, 0.2) is 17.2 Å². The van der Waals surface area contributed by atoms with Crippen LogP contribution in [0.2, 0.25) is 0 Å². The van der Waals surface area contributed by atoms with E-state index in [1.165, 1.54) is 10.1 Å². The number of carbonyl (C=O) groups is 1. The lowest BCUT2D eigenvalue weighted by Crippen LogP contribution is -2.24. The fourth-order valence-electron chi connectivity index (χ4n) is 3.52. The van der Waals surface area contributed by atoms with E-state index in [0.717, 1.165) is 18.4 Å². The van der Waals surface area contributed by atoms with Crippen molar-refractivity contribution in [2.75, 3.05) is 6.61 Å². The molecule has 1 aliphatic heterocycles. The summed E-state index contributed by atoms with van der Waals surface area (Å²) in [6, 6.07) is 7.84. The molecule has 0 bridgehead atoms. The molecule has 0 unspecified atom stereocenters. The molecule has 2 aromatic heterocycles. The molecule has 0 saturated carbocycles. The second kappa shape index (κ2) is 7.20. The van der Waals surface area contributed by atoms with Crippen molar-refractivity contribution in [1.82, 2.24) is 19.5 Å². The molecule has 0 radical (unpaired) electrons. The molecule has 1 aromatic carbocycles. The first kappa shape index (κ1) is 18.4. The fourth-order valence-corrected chi connectivity index (χ4v) is 3.52. The summed E-state index contributed by atoms with van der Waals surface area (Å²) >= 11 is 0. The van der Waals surface area contributed by atoms with E-state index < -0.39 is 5.91 Å². The Balaban J connectivity index is 1.85. The molecule has 146 valence electrons. The number of hydrogen-bond donors (Lipinski definition) is 2. The van der Waals surface area contributed by atoms with Gasteiger partial charge in [-0.3, -0.25) is 9.36 Å². The summed E-state index contributed by atoms with van der Waals surface area (Å²) in [5.41, 5.74) is 7.76. The van der Waals surface area contributed by atoms with Gasteiger partial charge in [0.05, 0.1) is 12.6 Å². The van der Waals surface area contributed by atoms with Crippen molar-refractivity contribution < 1.29 is 9.53 Å². The van der Waals surface area contributed by atoms with E-state index in [1.807, 2.05) is 24.3 Å². The SMILES string of the molecule is CC(C)c1ccc(-c2nc(C(N)=O)c3[nH]c(=O)n(C[C@@H]4CCCO4)c3n2)cc1. The first-order valence-electron chi connectivity index (χ1n) is 9.46. The average Bonchev–Trinajstić information content (AvgIpc) is 3.29. The van der Waals surface area contributed by atoms with Crippen molar-refractivity contribution in [2.24, 2.45) is 5.73 Å². The number of benzene rings is 1. The Bertz CT molecular complexity index is 1080. The van der Waals surface area contributed by atoms with Crippen LogP contribution in [0.15, 0.2) is 29.1 Å². The lowest BCUT2D eigenvalue weighted by molar-refractivity contribution is 0.0970. The van der Waals surface area contributed by atoms with Gasteiger partial charge in [-0.2, -0.15) is 0 Å². The van der Waals surface area contributed by atoms with Crippen LogP contribution in [0.25, 0.3) is 22.6 Å². The monoisotopic (exact) mass is 381 g/mol. The third-order valence-corrected chi connectivity index (χ3v) is 5.10. The van der Waals surface area contributed by atoms with E-state index in [9.17, 15) is 9.59 Å². The minimum Gasteiger partial charge on any atom is -0.376 e. The van der Waals surface area contributed by atoms with Crippen LogP contribution in [0.5, 0.6) is 0 Å². The molecule has 3 aromatic rings.